The molecule has 5 rings (SSSR count). The monoisotopic (exact) mass is 441 g/mol. The van der Waals surface area contributed by atoms with E-state index in [1.165, 1.54) is 18.1 Å². The zero-order chi connectivity index (χ0) is 22.3. The van der Waals surface area contributed by atoms with Gasteiger partial charge in [-0.15, -0.1) is 0 Å². The van der Waals surface area contributed by atoms with Crippen LogP contribution in [0.1, 0.15) is 24.0 Å². The molecule has 0 amide bonds. The van der Waals surface area contributed by atoms with E-state index in [9.17, 15) is 13.2 Å². The number of benzene rings is 1. The Morgan fingerprint density at radius 3 is 2.59 bits per heavy atom. The Hall–Kier alpha value is -3.19. The molecule has 0 N–H and O–H groups in total. The number of halogens is 3. The van der Waals surface area contributed by atoms with Crippen molar-refractivity contribution >= 4 is 16.9 Å². The highest BCUT2D eigenvalue weighted by atomic mass is 19.4. The normalized spacial score (nSPS) is 21.6. The van der Waals surface area contributed by atoms with Gasteiger partial charge in [0.25, 0.3) is 0 Å². The second kappa shape index (κ2) is 7.74. The Labute approximate surface area is 183 Å². The van der Waals surface area contributed by atoms with Crippen LogP contribution in [0.25, 0.3) is 11.0 Å². The highest BCUT2D eigenvalue weighted by Crippen LogP contribution is 2.42. The van der Waals surface area contributed by atoms with Crippen LogP contribution >= 0.6 is 0 Å². The van der Waals surface area contributed by atoms with Crippen molar-refractivity contribution in [2.75, 3.05) is 31.1 Å². The lowest BCUT2D eigenvalue weighted by molar-refractivity contribution is -0.142. The number of anilines is 1. The second-order valence-corrected chi connectivity index (χ2v) is 8.82. The van der Waals surface area contributed by atoms with Crippen molar-refractivity contribution in [1.29, 1.82) is 5.26 Å². The van der Waals surface area contributed by atoms with Crippen molar-refractivity contribution < 1.29 is 13.2 Å². The number of alkyl halides is 3. The number of likely N-dealkylation sites (tertiary alicyclic amines) is 1. The molecule has 2 saturated heterocycles. The zero-order valence-electron chi connectivity index (χ0n) is 17.4. The first kappa shape index (κ1) is 20.7. The Morgan fingerprint density at radius 1 is 1.06 bits per heavy atom. The van der Waals surface area contributed by atoms with Crippen molar-refractivity contribution in [3.05, 3.63) is 47.9 Å². The summed E-state index contributed by atoms with van der Waals surface area (Å²) >= 11 is 0. The molecule has 4 heterocycles. The zero-order valence-corrected chi connectivity index (χ0v) is 17.4. The van der Waals surface area contributed by atoms with E-state index in [1.54, 1.807) is 0 Å². The fourth-order valence-electron chi connectivity index (χ4n) is 4.94. The quantitative estimate of drug-likeness (QED) is 0.618. The molecule has 2 aliphatic rings. The molecule has 1 aromatic carbocycles. The van der Waals surface area contributed by atoms with Gasteiger partial charge in [-0.05, 0) is 37.1 Å². The third kappa shape index (κ3) is 4.12. The molecule has 166 valence electrons. The second-order valence-electron chi connectivity index (χ2n) is 8.82. The van der Waals surface area contributed by atoms with Crippen LogP contribution in [-0.2, 0) is 13.1 Å². The van der Waals surface area contributed by atoms with E-state index in [1.807, 2.05) is 24.3 Å². The number of hydrogen-bond acceptors (Lipinski definition) is 6. The summed E-state index contributed by atoms with van der Waals surface area (Å²) in [4.78, 5) is 13.0. The molecule has 2 aromatic heterocycles. The summed E-state index contributed by atoms with van der Waals surface area (Å²) < 4.78 is 39.2. The van der Waals surface area contributed by atoms with Crippen LogP contribution < -0.4 is 4.90 Å². The first-order valence-electron chi connectivity index (χ1n) is 10.5. The van der Waals surface area contributed by atoms with E-state index >= 15 is 0 Å². The summed E-state index contributed by atoms with van der Waals surface area (Å²) in [6.07, 6.45) is 0.518. The largest absolute Gasteiger partial charge is 0.408 e. The Morgan fingerprint density at radius 2 is 1.84 bits per heavy atom. The van der Waals surface area contributed by atoms with Gasteiger partial charge in [0.15, 0.2) is 5.65 Å². The lowest BCUT2D eigenvalue weighted by Gasteiger charge is -2.25. The molecule has 3 aromatic rings. The van der Waals surface area contributed by atoms with Crippen LogP contribution in [0.3, 0.4) is 0 Å². The molecule has 2 fully saturated rings. The average Bonchev–Trinajstić information content (AvgIpc) is 3.46. The van der Waals surface area contributed by atoms with Gasteiger partial charge in [0, 0.05) is 37.8 Å². The minimum Gasteiger partial charge on any atom is -0.355 e. The van der Waals surface area contributed by atoms with Gasteiger partial charge >= 0.3 is 6.18 Å². The lowest BCUT2D eigenvalue weighted by atomic mass is 9.86. The van der Waals surface area contributed by atoms with Crippen LogP contribution in [0.5, 0.6) is 0 Å². The number of nitrogens with zero attached hydrogens (tertiary/aromatic N) is 7. The lowest BCUT2D eigenvalue weighted by Crippen LogP contribution is -2.31. The fourth-order valence-corrected chi connectivity index (χ4v) is 4.94. The van der Waals surface area contributed by atoms with Crippen LogP contribution in [0, 0.1) is 16.7 Å². The molecule has 0 aliphatic carbocycles. The maximum atomic E-state index is 12.8. The molecule has 7 nitrogen and oxygen atoms in total. The minimum absolute atomic E-state index is 0.145. The number of fused-ring (bicyclic) bond motifs is 1. The molecule has 0 radical (unpaired) electrons. The highest BCUT2D eigenvalue weighted by Gasteiger charge is 2.44. The van der Waals surface area contributed by atoms with Gasteiger partial charge in [0.05, 0.1) is 17.0 Å². The number of hydrogen-bond donors (Lipinski definition) is 0. The highest BCUT2D eigenvalue weighted by molar-refractivity contribution is 5.86. The predicted octanol–water partition coefficient (Wildman–Crippen LogP) is 3.36. The number of aromatic nitrogens is 4. The van der Waals surface area contributed by atoms with Crippen molar-refractivity contribution in [3.63, 3.8) is 0 Å². The molecule has 0 saturated carbocycles. The number of nitriles is 1. The summed E-state index contributed by atoms with van der Waals surface area (Å²) in [7, 11) is 0. The van der Waals surface area contributed by atoms with E-state index in [0.29, 0.717) is 16.8 Å². The van der Waals surface area contributed by atoms with Gasteiger partial charge in [-0.2, -0.15) is 23.5 Å². The molecular weight excluding hydrogens is 419 g/mol. The van der Waals surface area contributed by atoms with Gasteiger partial charge in [-0.1, -0.05) is 12.1 Å². The van der Waals surface area contributed by atoms with Crippen molar-refractivity contribution in [3.8, 4) is 6.07 Å². The van der Waals surface area contributed by atoms with Gasteiger partial charge in [0.2, 0.25) is 0 Å². The Bertz CT molecular complexity index is 1160. The maximum absolute atomic E-state index is 12.8. The first-order chi connectivity index (χ1) is 15.3. The van der Waals surface area contributed by atoms with Crippen LogP contribution in [-0.4, -0.2) is 57.0 Å². The van der Waals surface area contributed by atoms with Crippen molar-refractivity contribution in [2.45, 2.75) is 32.1 Å². The van der Waals surface area contributed by atoms with Gasteiger partial charge < -0.3 is 4.90 Å². The minimum atomic E-state index is -4.34. The maximum Gasteiger partial charge on any atom is 0.408 e. The molecule has 32 heavy (non-hydrogen) atoms. The SMILES string of the molecule is N#Cc1ccc(CN2CCC3(CCN(c4ncnc5nn(CC(F)(F)F)cc45)C3)C2)cc1. The smallest absolute Gasteiger partial charge is 0.355 e. The van der Waals surface area contributed by atoms with E-state index in [0.717, 1.165) is 50.2 Å². The Kier molecular flexibility index (Phi) is 5.01. The van der Waals surface area contributed by atoms with Crippen molar-refractivity contribution in [2.24, 2.45) is 5.41 Å². The van der Waals surface area contributed by atoms with Crippen LogP contribution in [0.4, 0.5) is 19.0 Å². The van der Waals surface area contributed by atoms with E-state index in [4.69, 9.17) is 5.26 Å². The molecule has 1 atom stereocenters. The van der Waals surface area contributed by atoms with Crippen LogP contribution in [0.2, 0.25) is 0 Å². The predicted molar refractivity (Wildman–Crippen MR) is 112 cm³/mol. The third-order valence-corrected chi connectivity index (χ3v) is 6.43. The van der Waals surface area contributed by atoms with Crippen LogP contribution in [0.15, 0.2) is 36.8 Å². The summed E-state index contributed by atoms with van der Waals surface area (Å²) in [5, 5.41) is 13.5. The third-order valence-electron chi connectivity index (χ3n) is 6.43. The molecule has 10 heteroatoms. The van der Waals surface area contributed by atoms with Crippen molar-refractivity contribution in [1.82, 2.24) is 24.6 Å². The molecule has 2 aliphatic heterocycles. The van der Waals surface area contributed by atoms with E-state index in [-0.39, 0.29) is 11.1 Å². The molecule has 1 unspecified atom stereocenters. The average molecular weight is 441 g/mol. The summed E-state index contributed by atoms with van der Waals surface area (Å²) in [5.41, 5.74) is 2.28. The van der Waals surface area contributed by atoms with Gasteiger partial charge in [-0.3, -0.25) is 9.58 Å². The molecule has 0 bridgehead atoms. The van der Waals surface area contributed by atoms with E-state index < -0.39 is 12.7 Å². The van der Waals surface area contributed by atoms with E-state index in [2.05, 4.69) is 30.9 Å². The summed E-state index contributed by atoms with van der Waals surface area (Å²) in [6, 6.07) is 9.83. The Balaban J connectivity index is 1.29. The number of rotatable bonds is 4. The fraction of sp³-hybridized carbons (Fsp3) is 0.455. The summed E-state index contributed by atoms with van der Waals surface area (Å²) in [6.45, 7) is 3.28. The topological polar surface area (TPSA) is 73.9 Å². The van der Waals surface area contributed by atoms with Gasteiger partial charge in [-0.25, -0.2) is 9.97 Å². The standard InChI is InChI=1S/C22H22F3N7/c23-22(24,25)14-32-11-18-19(29-32)27-15-28-20(18)31-8-6-21(13-31)5-7-30(12-21)10-17-3-1-16(9-26)2-4-17/h1-4,11,15H,5-8,10,12-14H2. The molecule has 1 spiro atoms. The van der Waals surface area contributed by atoms with Gasteiger partial charge in [0.1, 0.15) is 18.7 Å². The first-order valence-corrected chi connectivity index (χ1v) is 10.5. The molecular formula is C22H22F3N7. The summed E-state index contributed by atoms with van der Waals surface area (Å²) in [5.74, 6) is 0.658.